The summed E-state index contributed by atoms with van der Waals surface area (Å²) >= 11 is 5.59. The summed E-state index contributed by atoms with van der Waals surface area (Å²) in [5, 5.41) is 3.99. The van der Waals surface area contributed by atoms with Gasteiger partial charge in [-0.15, -0.1) is 11.6 Å². The molecule has 0 spiro atoms. The molecule has 0 radical (unpaired) electrons. The Morgan fingerprint density at radius 3 is 2.81 bits per heavy atom. The molecule has 21 heavy (non-hydrogen) atoms. The van der Waals surface area contributed by atoms with Crippen LogP contribution in [0.5, 0.6) is 0 Å². The lowest BCUT2D eigenvalue weighted by Gasteiger charge is -2.21. The van der Waals surface area contributed by atoms with E-state index in [0.29, 0.717) is 25.3 Å². The van der Waals surface area contributed by atoms with Gasteiger partial charge in [-0.05, 0) is 12.8 Å². The van der Waals surface area contributed by atoms with E-state index in [1.165, 1.54) is 24.1 Å². The molecular weight excluding hydrogens is 338 g/mol. The summed E-state index contributed by atoms with van der Waals surface area (Å²) in [6.07, 6.45) is 3.75. The van der Waals surface area contributed by atoms with Gasteiger partial charge < -0.3 is 0 Å². The third kappa shape index (κ3) is 3.77. The normalized spacial score (nSPS) is 22.0. The Morgan fingerprint density at radius 2 is 2.24 bits per heavy atom. The number of aryl methyl sites for hydroxylation is 1. The predicted octanol–water partition coefficient (Wildman–Crippen LogP) is 0.320. The molecule has 1 aromatic rings. The van der Waals surface area contributed by atoms with Crippen molar-refractivity contribution in [3.63, 3.8) is 0 Å². The Balaban J connectivity index is 2.15. The maximum Gasteiger partial charge on any atom is 0.246 e. The first-order chi connectivity index (χ1) is 9.76. The van der Waals surface area contributed by atoms with E-state index in [-0.39, 0.29) is 16.4 Å². The number of rotatable bonds is 6. The average molecular weight is 356 g/mol. The molecule has 0 bridgehead atoms. The maximum absolute atomic E-state index is 12.5. The first-order valence-electron chi connectivity index (χ1n) is 6.53. The van der Waals surface area contributed by atoms with Gasteiger partial charge in [0.15, 0.2) is 9.84 Å². The van der Waals surface area contributed by atoms with Crippen LogP contribution in [-0.2, 0) is 26.4 Å². The number of alkyl halides is 1. The molecule has 10 heteroatoms. The Labute approximate surface area is 129 Å². The molecule has 7 nitrogen and oxygen atoms in total. The molecule has 2 rings (SSSR count). The highest BCUT2D eigenvalue weighted by atomic mass is 35.5. The van der Waals surface area contributed by atoms with E-state index in [0.717, 1.165) is 4.31 Å². The van der Waals surface area contributed by atoms with Crippen LogP contribution in [-0.4, -0.2) is 61.4 Å². The molecule has 1 atom stereocenters. The third-order valence-corrected chi connectivity index (χ3v) is 7.41. The zero-order valence-electron chi connectivity index (χ0n) is 11.6. The van der Waals surface area contributed by atoms with Gasteiger partial charge in [0.1, 0.15) is 4.90 Å². The summed E-state index contributed by atoms with van der Waals surface area (Å²) in [5.41, 5.74) is 0. The number of sulfonamides is 1. The van der Waals surface area contributed by atoms with Gasteiger partial charge in [0.25, 0.3) is 0 Å². The number of halogens is 1. The monoisotopic (exact) mass is 355 g/mol. The van der Waals surface area contributed by atoms with Crippen LogP contribution in [0.15, 0.2) is 17.3 Å². The van der Waals surface area contributed by atoms with Crippen LogP contribution < -0.4 is 0 Å². The van der Waals surface area contributed by atoms with Gasteiger partial charge in [-0.25, -0.2) is 16.8 Å². The SMILES string of the molecule is CN(C1CCS(=O)(=O)C1)S(=O)(=O)c1cnn(CCCCl)c1. The van der Waals surface area contributed by atoms with Crippen LogP contribution in [0.2, 0.25) is 0 Å². The minimum absolute atomic E-state index is 0.0342. The number of sulfone groups is 1. The standard InChI is InChI=1S/C11H18ClN3O4S2/c1-14(10-3-6-20(16,17)9-10)21(18,19)11-7-13-15(8-11)5-2-4-12/h7-8,10H,2-6,9H2,1H3. The fraction of sp³-hybridized carbons (Fsp3) is 0.727. The lowest BCUT2D eigenvalue weighted by Crippen LogP contribution is -2.37. The lowest BCUT2D eigenvalue weighted by atomic mass is 10.3. The fourth-order valence-corrected chi connectivity index (χ4v) is 5.57. The summed E-state index contributed by atoms with van der Waals surface area (Å²) in [5.74, 6) is 0.386. The van der Waals surface area contributed by atoms with Gasteiger partial charge in [0.05, 0.1) is 17.7 Å². The van der Waals surface area contributed by atoms with Crippen molar-refractivity contribution in [3.05, 3.63) is 12.4 Å². The summed E-state index contributed by atoms with van der Waals surface area (Å²) in [4.78, 5) is 0.0730. The Kier molecular flexibility index (Phi) is 4.96. The van der Waals surface area contributed by atoms with E-state index in [1.54, 1.807) is 0 Å². The van der Waals surface area contributed by atoms with Crippen molar-refractivity contribution in [2.75, 3.05) is 24.4 Å². The van der Waals surface area contributed by atoms with Crippen molar-refractivity contribution >= 4 is 31.5 Å². The van der Waals surface area contributed by atoms with E-state index in [9.17, 15) is 16.8 Å². The van der Waals surface area contributed by atoms with Gasteiger partial charge in [-0.1, -0.05) is 0 Å². The molecule has 0 amide bonds. The molecule has 1 aliphatic rings. The average Bonchev–Trinajstić information content (AvgIpc) is 3.02. The second-order valence-corrected chi connectivity index (χ2v) is 9.66. The lowest BCUT2D eigenvalue weighted by molar-refractivity contribution is 0.394. The van der Waals surface area contributed by atoms with Gasteiger partial charge in [-0.3, -0.25) is 4.68 Å². The van der Waals surface area contributed by atoms with Gasteiger partial charge in [0, 0.05) is 31.7 Å². The van der Waals surface area contributed by atoms with Crippen molar-refractivity contribution in [2.24, 2.45) is 0 Å². The molecule has 2 heterocycles. The van der Waals surface area contributed by atoms with Gasteiger partial charge in [0.2, 0.25) is 10.0 Å². The smallest absolute Gasteiger partial charge is 0.246 e. The molecular formula is C11H18ClN3O4S2. The highest BCUT2D eigenvalue weighted by Gasteiger charge is 2.36. The molecule has 1 saturated heterocycles. The summed E-state index contributed by atoms with van der Waals surface area (Å²) < 4.78 is 50.6. The highest BCUT2D eigenvalue weighted by Crippen LogP contribution is 2.23. The van der Waals surface area contributed by atoms with Crippen LogP contribution in [0.25, 0.3) is 0 Å². The molecule has 1 aliphatic heterocycles. The minimum Gasteiger partial charge on any atom is -0.271 e. The zero-order valence-corrected chi connectivity index (χ0v) is 14.0. The number of nitrogens with zero attached hydrogens (tertiary/aromatic N) is 3. The van der Waals surface area contributed by atoms with Gasteiger partial charge >= 0.3 is 0 Å². The molecule has 1 fully saturated rings. The van der Waals surface area contributed by atoms with Crippen molar-refractivity contribution in [2.45, 2.75) is 30.3 Å². The van der Waals surface area contributed by atoms with Crippen LogP contribution in [0.4, 0.5) is 0 Å². The minimum atomic E-state index is -3.72. The largest absolute Gasteiger partial charge is 0.271 e. The van der Waals surface area contributed by atoms with Crippen LogP contribution in [0, 0.1) is 0 Å². The van der Waals surface area contributed by atoms with E-state index < -0.39 is 25.9 Å². The van der Waals surface area contributed by atoms with Crippen LogP contribution in [0.1, 0.15) is 12.8 Å². The second kappa shape index (κ2) is 6.23. The molecule has 0 saturated carbocycles. The molecule has 120 valence electrons. The predicted molar refractivity (Wildman–Crippen MR) is 79.6 cm³/mol. The molecule has 1 aromatic heterocycles. The highest BCUT2D eigenvalue weighted by molar-refractivity contribution is 7.92. The van der Waals surface area contributed by atoms with Crippen LogP contribution >= 0.6 is 11.6 Å². The fourth-order valence-electron chi connectivity index (χ4n) is 2.25. The zero-order chi connectivity index (χ0) is 15.7. The Bertz CT molecular complexity index is 699. The van der Waals surface area contributed by atoms with E-state index in [4.69, 9.17) is 11.6 Å². The maximum atomic E-state index is 12.5. The van der Waals surface area contributed by atoms with Crippen LogP contribution in [0.3, 0.4) is 0 Å². The topological polar surface area (TPSA) is 89.3 Å². The van der Waals surface area contributed by atoms with Crippen molar-refractivity contribution in [1.82, 2.24) is 14.1 Å². The van der Waals surface area contributed by atoms with Gasteiger partial charge in [-0.2, -0.15) is 9.40 Å². The molecule has 0 aromatic carbocycles. The van der Waals surface area contributed by atoms with E-state index in [1.807, 2.05) is 0 Å². The summed E-state index contributed by atoms with van der Waals surface area (Å²) in [7, 11) is -5.44. The van der Waals surface area contributed by atoms with Crippen molar-refractivity contribution < 1.29 is 16.8 Å². The summed E-state index contributed by atoms with van der Waals surface area (Å²) in [6.45, 7) is 0.542. The van der Waals surface area contributed by atoms with Crippen molar-refractivity contribution in [1.29, 1.82) is 0 Å². The quantitative estimate of drug-likeness (QED) is 0.685. The van der Waals surface area contributed by atoms with Crippen molar-refractivity contribution in [3.8, 4) is 0 Å². The number of hydrogen-bond donors (Lipinski definition) is 0. The first kappa shape index (κ1) is 16.7. The number of aromatic nitrogens is 2. The summed E-state index contributed by atoms with van der Waals surface area (Å²) in [6, 6.07) is -0.508. The Morgan fingerprint density at radius 1 is 1.52 bits per heavy atom. The van der Waals surface area contributed by atoms with E-state index in [2.05, 4.69) is 5.10 Å². The van der Waals surface area contributed by atoms with E-state index >= 15 is 0 Å². The Hall–Kier alpha value is -0.640. The molecule has 0 N–H and O–H groups in total. The molecule has 1 unspecified atom stereocenters. The first-order valence-corrected chi connectivity index (χ1v) is 10.3. The third-order valence-electron chi connectivity index (χ3n) is 3.53. The second-order valence-electron chi connectivity index (χ2n) is 5.06. The molecule has 0 aliphatic carbocycles. The number of hydrogen-bond acceptors (Lipinski definition) is 5.